The van der Waals surface area contributed by atoms with Crippen LogP contribution in [0, 0.1) is 6.07 Å². The normalized spacial score (nSPS) is 16.1. The summed E-state index contributed by atoms with van der Waals surface area (Å²) in [4.78, 5) is 16.7. The summed E-state index contributed by atoms with van der Waals surface area (Å²) in [5.74, 6) is 0. The third kappa shape index (κ3) is 3.00. The molecule has 0 saturated carbocycles. The molecule has 1 fully saturated rings. The fourth-order valence-electron chi connectivity index (χ4n) is 2.72. The minimum Gasteiger partial charge on any atom is -0.368 e. The second kappa shape index (κ2) is 6.14. The van der Waals surface area contributed by atoms with E-state index in [2.05, 4.69) is 22.8 Å². The number of rotatable bonds is 3. The highest BCUT2D eigenvalue weighted by atomic mass is 16.1. The molecule has 0 unspecified atom stereocenters. The molecule has 1 aliphatic rings. The molecule has 3 rings (SSSR count). The van der Waals surface area contributed by atoms with Crippen LogP contribution in [0.2, 0.25) is 0 Å². The lowest BCUT2D eigenvalue weighted by molar-refractivity contribution is 0.271. The Labute approximate surface area is 125 Å². The average Bonchev–Trinajstić information content (AvgIpc) is 2.55. The van der Waals surface area contributed by atoms with Gasteiger partial charge in [0.2, 0.25) is 0 Å². The van der Waals surface area contributed by atoms with Crippen molar-refractivity contribution >= 4 is 5.69 Å². The largest absolute Gasteiger partial charge is 0.368 e. The van der Waals surface area contributed by atoms with Crippen molar-refractivity contribution in [1.29, 1.82) is 0 Å². The van der Waals surface area contributed by atoms with E-state index in [1.54, 1.807) is 22.9 Å². The molecule has 0 bridgehead atoms. The van der Waals surface area contributed by atoms with Gasteiger partial charge >= 0.3 is 0 Å². The van der Waals surface area contributed by atoms with Crippen molar-refractivity contribution in [2.24, 2.45) is 0 Å². The summed E-state index contributed by atoms with van der Waals surface area (Å²) >= 11 is 0. The Morgan fingerprint density at radius 2 is 1.95 bits per heavy atom. The SMILES string of the molecule is CCN1CCN(c2[c]ccc(-n3ccccc3=O)c2)CC1. The third-order valence-corrected chi connectivity index (χ3v) is 4.03. The summed E-state index contributed by atoms with van der Waals surface area (Å²) < 4.78 is 1.67. The smallest absolute Gasteiger partial charge is 0.255 e. The van der Waals surface area contributed by atoms with E-state index in [1.807, 2.05) is 24.3 Å². The maximum absolute atomic E-state index is 11.9. The molecule has 1 aliphatic heterocycles. The molecular weight excluding hydrogens is 262 g/mol. The highest BCUT2D eigenvalue weighted by Gasteiger charge is 2.16. The predicted molar refractivity (Wildman–Crippen MR) is 85.2 cm³/mol. The highest BCUT2D eigenvalue weighted by molar-refractivity contribution is 5.52. The summed E-state index contributed by atoms with van der Waals surface area (Å²) in [6.07, 6.45) is 1.80. The van der Waals surface area contributed by atoms with Crippen LogP contribution in [-0.2, 0) is 0 Å². The molecular formula is C17H20N3O. The molecule has 4 heteroatoms. The van der Waals surface area contributed by atoms with E-state index in [0.29, 0.717) is 0 Å². The number of hydrogen-bond donors (Lipinski definition) is 0. The van der Waals surface area contributed by atoms with Gasteiger partial charge in [0.25, 0.3) is 5.56 Å². The van der Waals surface area contributed by atoms with Crippen LogP contribution in [0.1, 0.15) is 6.92 Å². The van der Waals surface area contributed by atoms with Crippen molar-refractivity contribution in [3.05, 3.63) is 59.0 Å². The van der Waals surface area contributed by atoms with Gasteiger partial charge in [-0.15, -0.1) is 0 Å². The van der Waals surface area contributed by atoms with E-state index in [0.717, 1.165) is 44.1 Å². The van der Waals surface area contributed by atoms with Crippen molar-refractivity contribution in [1.82, 2.24) is 9.47 Å². The van der Waals surface area contributed by atoms with Crippen molar-refractivity contribution in [3.8, 4) is 5.69 Å². The summed E-state index contributed by atoms with van der Waals surface area (Å²) in [5, 5.41) is 0. The lowest BCUT2D eigenvalue weighted by atomic mass is 10.2. The molecule has 1 aromatic heterocycles. The van der Waals surface area contributed by atoms with Gasteiger partial charge in [-0.2, -0.15) is 0 Å². The Balaban J connectivity index is 1.84. The minimum atomic E-state index is -0.00884. The van der Waals surface area contributed by atoms with E-state index in [9.17, 15) is 4.79 Å². The number of likely N-dealkylation sites (N-methyl/N-ethyl adjacent to an activating group) is 1. The van der Waals surface area contributed by atoms with E-state index in [-0.39, 0.29) is 5.56 Å². The van der Waals surface area contributed by atoms with Crippen molar-refractivity contribution < 1.29 is 0 Å². The van der Waals surface area contributed by atoms with Gasteiger partial charge in [-0.05, 0) is 24.7 Å². The third-order valence-electron chi connectivity index (χ3n) is 4.03. The number of benzene rings is 1. The molecule has 0 atom stereocenters. The molecule has 4 nitrogen and oxygen atoms in total. The number of aromatic nitrogens is 1. The Morgan fingerprint density at radius 3 is 2.67 bits per heavy atom. The van der Waals surface area contributed by atoms with Crippen LogP contribution in [0.25, 0.3) is 5.69 Å². The van der Waals surface area contributed by atoms with E-state index in [1.165, 1.54) is 0 Å². The molecule has 1 radical (unpaired) electrons. The summed E-state index contributed by atoms with van der Waals surface area (Å²) in [6.45, 7) is 7.50. The first-order valence-corrected chi connectivity index (χ1v) is 7.45. The minimum absolute atomic E-state index is 0.00884. The quantitative estimate of drug-likeness (QED) is 0.859. The zero-order chi connectivity index (χ0) is 14.7. The molecule has 0 aliphatic carbocycles. The van der Waals surface area contributed by atoms with Gasteiger partial charge in [0, 0.05) is 50.2 Å². The fourth-order valence-corrected chi connectivity index (χ4v) is 2.72. The van der Waals surface area contributed by atoms with Crippen LogP contribution in [-0.4, -0.2) is 42.2 Å². The lowest BCUT2D eigenvalue weighted by Crippen LogP contribution is -2.46. The van der Waals surface area contributed by atoms with E-state index < -0.39 is 0 Å². The van der Waals surface area contributed by atoms with Crippen LogP contribution >= 0.6 is 0 Å². The lowest BCUT2D eigenvalue weighted by Gasteiger charge is -2.35. The topological polar surface area (TPSA) is 28.5 Å². The summed E-state index contributed by atoms with van der Waals surface area (Å²) in [6, 6.07) is 14.4. The first-order chi connectivity index (χ1) is 10.3. The molecule has 1 aromatic carbocycles. The van der Waals surface area contributed by atoms with Crippen LogP contribution in [0.5, 0.6) is 0 Å². The van der Waals surface area contributed by atoms with Crippen molar-refractivity contribution in [2.45, 2.75) is 6.92 Å². The second-order valence-electron chi connectivity index (χ2n) is 5.26. The van der Waals surface area contributed by atoms with Gasteiger partial charge in [-0.25, -0.2) is 0 Å². The monoisotopic (exact) mass is 282 g/mol. The molecule has 2 aromatic rings. The van der Waals surface area contributed by atoms with Gasteiger partial charge in [0.15, 0.2) is 0 Å². The average molecular weight is 282 g/mol. The predicted octanol–water partition coefficient (Wildman–Crippen LogP) is 1.78. The molecule has 0 spiro atoms. The maximum atomic E-state index is 11.9. The van der Waals surface area contributed by atoms with Gasteiger partial charge < -0.3 is 9.80 Å². The van der Waals surface area contributed by atoms with Gasteiger partial charge in [-0.1, -0.05) is 19.1 Å². The maximum Gasteiger partial charge on any atom is 0.255 e. The van der Waals surface area contributed by atoms with Crippen molar-refractivity contribution in [2.75, 3.05) is 37.6 Å². The van der Waals surface area contributed by atoms with Crippen LogP contribution in [0.3, 0.4) is 0 Å². The standard InChI is InChI=1S/C17H20N3O/c1-2-18-10-12-19(13-11-18)15-6-5-7-16(14-15)20-9-4-3-8-17(20)21/h3-5,7-9,14H,2,10-13H2,1H3. The molecule has 21 heavy (non-hydrogen) atoms. The first-order valence-electron chi connectivity index (χ1n) is 7.45. The molecule has 109 valence electrons. The summed E-state index contributed by atoms with van der Waals surface area (Å²) in [7, 11) is 0. The number of nitrogens with zero attached hydrogens (tertiary/aromatic N) is 3. The molecule has 2 heterocycles. The zero-order valence-electron chi connectivity index (χ0n) is 12.3. The number of hydrogen-bond acceptors (Lipinski definition) is 3. The molecule has 0 amide bonds. The van der Waals surface area contributed by atoms with Gasteiger partial charge in [-0.3, -0.25) is 9.36 Å². The van der Waals surface area contributed by atoms with Crippen LogP contribution in [0.15, 0.2) is 47.4 Å². The Morgan fingerprint density at radius 1 is 1.14 bits per heavy atom. The highest BCUT2D eigenvalue weighted by Crippen LogP contribution is 2.19. The van der Waals surface area contributed by atoms with Gasteiger partial charge in [0.05, 0.1) is 5.69 Å². The van der Waals surface area contributed by atoms with Crippen LogP contribution in [0.4, 0.5) is 5.69 Å². The number of piperazine rings is 1. The van der Waals surface area contributed by atoms with E-state index >= 15 is 0 Å². The zero-order valence-corrected chi connectivity index (χ0v) is 12.3. The molecule has 1 saturated heterocycles. The second-order valence-corrected chi connectivity index (χ2v) is 5.26. The van der Waals surface area contributed by atoms with Gasteiger partial charge in [0.1, 0.15) is 0 Å². The van der Waals surface area contributed by atoms with Crippen molar-refractivity contribution in [3.63, 3.8) is 0 Å². The van der Waals surface area contributed by atoms with Crippen LogP contribution < -0.4 is 10.5 Å². The Kier molecular flexibility index (Phi) is 4.06. The fraction of sp³-hybridized carbons (Fsp3) is 0.353. The van der Waals surface area contributed by atoms with E-state index in [4.69, 9.17) is 0 Å². The Bertz CT molecular complexity index is 657. The molecule has 0 N–H and O–H groups in total. The number of pyridine rings is 1. The summed E-state index contributed by atoms with van der Waals surface area (Å²) in [5.41, 5.74) is 1.96. The first kappa shape index (κ1) is 13.9. The number of anilines is 1. The Hall–Kier alpha value is -2.07.